The molecule has 0 saturated heterocycles. The van der Waals surface area contributed by atoms with Crippen LogP contribution in [0.2, 0.25) is 0 Å². The zero-order valence-corrected chi connectivity index (χ0v) is 13.6. The highest BCUT2D eigenvalue weighted by atomic mass is 79.9. The van der Waals surface area contributed by atoms with Crippen LogP contribution in [0, 0.1) is 6.92 Å². The molecule has 21 heavy (non-hydrogen) atoms. The van der Waals surface area contributed by atoms with Crippen molar-refractivity contribution in [3.05, 3.63) is 46.3 Å². The molecule has 1 aromatic carbocycles. The molecule has 5 nitrogen and oxygen atoms in total. The Morgan fingerprint density at radius 3 is 2.81 bits per heavy atom. The maximum atomic E-state index is 12.0. The van der Waals surface area contributed by atoms with Gasteiger partial charge in [0.05, 0.1) is 18.5 Å². The van der Waals surface area contributed by atoms with Gasteiger partial charge in [0.1, 0.15) is 5.76 Å². The van der Waals surface area contributed by atoms with Crippen LogP contribution in [0.5, 0.6) is 0 Å². The molecule has 0 bridgehead atoms. The number of benzene rings is 1. The summed E-state index contributed by atoms with van der Waals surface area (Å²) in [4.78, 5) is 14.0. The van der Waals surface area contributed by atoms with Crippen LogP contribution in [0.25, 0.3) is 0 Å². The first-order valence-electron chi connectivity index (χ1n) is 6.52. The van der Waals surface area contributed by atoms with Crippen LogP contribution >= 0.6 is 15.9 Å². The Labute approximate surface area is 132 Å². The van der Waals surface area contributed by atoms with E-state index in [1.807, 2.05) is 24.9 Å². The maximum absolute atomic E-state index is 12.0. The Balaban J connectivity index is 1.90. The van der Waals surface area contributed by atoms with E-state index in [2.05, 4.69) is 21.2 Å². The van der Waals surface area contributed by atoms with Crippen LogP contribution in [0.3, 0.4) is 0 Å². The fraction of sp³-hybridized carbons (Fsp3) is 0.267. The molecule has 1 amide bonds. The third-order valence-corrected chi connectivity index (χ3v) is 3.74. The average molecular weight is 352 g/mol. The number of anilines is 2. The van der Waals surface area contributed by atoms with Gasteiger partial charge in [-0.05, 0) is 54.2 Å². The predicted octanol–water partition coefficient (Wildman–Crippen LogP) is 3.00. The molecule has 2 aromatic rings. The van der Waals surface area contributed by atoms with Gasteiger partial charge in [0.2, 0.25) is 5.91 Å². The summed E-state index contributed by atoms with van der Waals surface area (Å²) < 4.78 is 6.02. The summed E-state index contributed by atoms with van der Waals surface area (Å²) in [6, 6.07) is 7.20. The molecule has 0 aliphatic rings. The summed E-state index contributed by atoms with van der Waals surface area (Å²) in [6.45, 7) is 2.87. The van der Waals surface area contributed by atoms with Crippen molar-refractivity contribution in [3.63, 3.8) is 0 Å². The summed E-state index contributed by atoms with van der Waals surface area (Å²) in [5.41, 5.74) is 8.11. The van der Waals surface area contributed by atoms with Gasteiger partial charge >= 0.3 is 0 Å². The monoisotopic (exact) mass is 351 g/mol. The molecule has 0 unspecified atom stereocenters. The molecule has 0 radical (unpaired) electrons. The molecule has 6 heteroatoms. The van der Waals surface area contributed by atoms with E-state index in [9.17, 15) is 4.79 Å². The van der Waals surface area contributed by atoms with Crippen molar-refractivity contribution in [1.82, 2.24) is 4.90 Å². The van der Waals surface area contributed by atoms with Crippen molar-refractivity contribution in [2.24, 2.45) is 0 Å². The summed E-state index contributed by atoms with van der Waals surface area (Å²) in [5, 5.41) is 2.86. The number of nitrogen functional groups attached to an aromatic ring is 1. The van der Waals surface area contributed by atoms with E-state index >= 15 is 0 Å². The minimum atomic E-state index is -0.0795. The first-order chi connectivity index (χ1) is 9.95. The van der Waals surface area contributed by atoms with Crippen LogP contribution in [0.1, 0.15) is 11.3 Å². The number of nitrogens with two attached hydrogens (primary N) is 1. The minimum Gasteiger partial charge on any atom is -0.469 e. The molecule has 0 aliphatic carbocycles. The number of nitrogens with one attached hydrogen (secondary N) is 1. The number of rotatable bonds is 5. The van der Waals surface area contributed by atoms with Crippen LogP contribution in [-0.4, -0.2) is 24.4 Å². The maximum Gasteiger partial charge on any atom is 0.238 e. The summed E-state index contributed by atoms with van der Waals surface area (Å²) in [6.07, 6.45) is 1.66. The third-order valence-electron chi connectivity index (χ3n) is 3.09. The molecule has 0 saturated carbocycles. The molecular weight excluding hydrogens is 334 g/mol. The first kappa shape index (κ1) is 15.6. The largest absolute Gasteiger partial charge is 0.469 e. The normalized spacial score (nSPS) is 10.9. The molecule has 112 valence electrons. The molecule has 2 rings (SSSR count). The van der Waals surface area contributed by atoms with Crippen LogP contribution < -0.4 is 11.1 Å². The molecule has 1 heterocycles. The number of furan rings is 1. The second-order valence-corrected chi connectivity index (χ2v) is 5.82. The van der Waals surface area contributed by atoms with E-state index in [0.29, 0.717) is 24.5 Å². The van der Waals surface area contributed by atoms with Crippen molar-refractivity contribution in [2.75, 3.05) is 24.6 Å². The topological polar surface area (TPSA) is 71.5 Å². The highest BCUT2D eigenvalue weighted by molar-refractivity contribution is 9.10. The lowest BCUT2D eigenvalue weighted by atomic mass is 10.2. The molecule has 0 spiro atoms. The fourth-order valence-electron chi connectivity index (χ4n) is 1.99. The lowest BCUT2D eigenvalue weighted by Crippen LogP contribution is -2.30. The average Bonchev–Trinajstić information content (AvgIpc) is 2.78. The van der Waals surface area contributed by atoms with Crippen molar-refractivity contribution in [2.45, 2.75) is 13.5 Å². The predicted molar refractivity (Wildman–Crippen MR) is 87.0 cm³/mol. The highest BCUT2D eigenvalue weighted by Gasteiger charge is 2.11. The van der Waals surface area contributed by atoms with E-state index in [-0.39, 0.29) is 5.91 Å². The van der Waals surface area contributed by atoms with Gasteiger partial charge in [-0.1, -0.05) is 0 Å². The number of carbonyl (C=O) groups excluding carboxylic acids is 1. The minimum absolute atomic E-state index is 0.0795. The van der Waals surface area contributed by atoms with E-state index < -0.39 is 0 Å². The molecule has 0 atom stereocenters. The number of amides is 1. The molecule has 1 aromatic heterocycles. The van der Waals surface area contributed by atoms with Gasteiger partial charge in [-0.3, -0.25) is 9.69 Å². The second kappa shape index (κ2) is 6.78. The Morgan fingerprint density at radius 1 is 1.43 bits per heavy atom. The van der Waals surface area contributed by atoms with Gasteiger partial charge in [-0.25, -0.2) is 0 Å². The summed E-state index contributed by atoms with van der Waals surface area (Å²) >= 11 is 3.38. The quantitative estimate of drug-likeness (QED) is 0.812. The number of hydrogen-bond donors (Lipinski definition) is 2. The molecule has 3 N–H and O–H groups in total. The number of nitrogens with zero attached hydrogens (tertiary/aromatic N) is 1. The van der Waals surface area contributed by atoms with Gasteiger partial charge in [0.15, 0.2) is 0 Å². The first-order valence-corrected chi connectivity index (χ1v) is 7.31. The molecular formula is C15H18BrN3O2. The van der Waals surface area contributed by atoms with Crippen LogP contribution in [-0.2, 0) is 11.3 Å². The standard InChI is InChI=1S/C15H18BrN3O2/c1-10-11(5-6-21-10)8-19(2)9-15(20)18-14-4-3-12(17)7-13(14)16/h3-7H,8-9,17H2,1-2H3,(H,18,20). The van der Waals surface area contributed by atoms with Crippen molar-refractivity contribution in [3.8, 4) is 0 Å². The van der Waals surface area contributed by atoms with Gasteiger partial charge in [-0.15, -0.1) is 0 Å². The van der Waals surface area contributed by atoms with Crippen molar-refractivity contribution >= 4 is 33.2 Å². The molecule has 0 aliphatic heterocycles. The Kier molecular flexibility index (Phi) is 5.03. The number of likely N-dealkylation sites (N-methyl/N-ethyl adjacent to an activating group) is 1. The van der Waals surface area contributed by atoms with E-state index in [4.69, 9.17) is 10.2 Å². The lowest BCUT2D eigenvalue weighted by Gasteiger charge is -2.16. The lowest BCUT2D eigenvalue weighted by molar-refractivity contribution is -0.117. The summed E-state index contributed by atoms with van der Waals surface area (Å²) in [7, 11) is 1.89. The zero-order valence-electron chi connectivity index (χ0n) is 12.0. The van der Waals surface area contributed by atoms with Gasteiger partial charge in [0, 0.05) is 22.3 Å². The summed E-state index contributed by atoms with van der Waals surface area (Å²) in [5.74, 6) is 0.799. The van der Waals surface area contributed by atoms with Gasteiger partial charge < -0.3 is 15.5 Å². The highest BCUT2D eigenvalue weighted by Crippen LogP contribution is 2.24. The number of carbonyl (C=O) groups is 1. The van der Waals surface area contributed by atoms with E-state index in [0.717, 1.165) is 15.8 Å². The van der Waals surface area contributed by atoms with E-state index in [1.54, 1.807) is 24.5 Å². The van der Waals surface area contributed by atoms with Gasteiger partial charge in [-0.2, -0.15) is 0 Å². The van der Waals surface area contributed by atoms with Gasteiger partial charge in [0.25, 0.3) is 0 Å². The Bertz CT molecular complexity index is 640. The van der Waals surface area contributed by atoms with Crippen LogP contribution in [0.15, 0.2) is 39.4 Å². The Morgan fingerprint density at radius 2 is 2.19 bits per heavy atom. The van der Waals surface area contributed by atoms with Crippen LogP contribution in [0.4, 0.5) is 11.4 Å². The zero-order chi connectivity index (χ0) is 15.4. The number of hydrogen-bond acceptors (Lipinski definition) is 4. The SMILES string of the molecule is Cc1occc1CN(C)CC(=O)Nc1ccc(N)cc1Br. The van der Waals surface area contributed by atoms with E-state index in [1.165, 1.54) is 0 Å². The fourth-order valence-corrected chi connectivity index (χ4v) is 2.49. The molecule has 0 fully saturated rings. The Hall–Kier alpha value is -1.79. The van der Waals surface area contributed by atoms with Crippen molar-refractivity contribution in [1.29, 1.82) is 0 Å². The second-order valence-electron chi connectivity index (χ2n) is 4.96. The number of halogens is 1. The smallest absolute Gasteiger partial charge is 0.238 e. The number of aryl methyl sites for hydroxylation is 1. The third kappa shape index (κ3) is 4.34. The van der Waals surface area contributed by atoms with Crippen molar-refractivity contribution < 1.29 is 9.21 Å².